The summed E-state index contributed by atoms with van der Waals surface area (Å²) in [6.07, 6.45) is 3.14. The van der Waals surface area contributed by atoms with Crippen molar-refractivity contribution in [2.75, 3.05) is 6.54 Å². The number of rotatable bonds is 2. The van der Waals surface area contributed by atoms with E-state index in [1.54, 1.807) is 18.2 Å². The molecule has 20 heavy (non-hydrogen) atoms. The van der Waals surface area contributed by atoms with Crippen molar-refractivity contribution < 1.29 is 14.7 Å². The molecule has 1 N–H and O–H groups in total. The highest BCUT2D eigenvalue weighted by molar-refractivity contribution is 9.10. The van der Waals surface area contributed by atoms with Crippen LogP contribution in [0.4, 0.5) is 0 Å². The van der Waals surface area contributed by atoms with Crippen LogP contribution in [0.2, 0.25) is 5.02 Å². The van der Waals surface area contributed by atoms with E-state index in [1.165, 1.54) is 4.90 Å². The summed E-state index contributed by atoms with van der Waals surface area (Å²) in [6, 6.07) is 4.15. The normalized spacial score (nSPS) is 19.5. The first-order valence-corrected chi connectivity index (χ1v) is 7.66. The van der Waals surface area contributed by atoms with Crippen LogP contribution >= 0.6 is 27.5 Å². The second-order valence-corrected chi connectivity index (χ2v) is 6.09. The highest BCUT2D eigenvalue weighted by Gasteiger charge is 2.31. The molecule has 1 fully saturated rings. The van der Waals surface area contributed by atoms with E-state index in [1.807, 2.05) is 0 Å². The molecule has 1 amide bonds. The predicted molar refractivity (Wildman–Crippen MR) is 80.1 cm³/mol. The van der Waals surface area contributed by atoms with Gasteiger partial charge in [-0.15, -0.1) is 0 Å². The highest BCUT2D eigenvalue weighted by Crippen LogP contribution is 2.25. The Bertz CT molecular complexity index is 535. The maximum absolute atomic E-state index is 12.5. The first kappa shape index (κ1) is 15.3. The number of benzene rings is 1. The zero-order chi connectivity index (χ0) is 14.7. The van der Waals surface area contributed by atoms with Gasteiger partial charge in [-0.3, -0.25) is 4.79 Å². The van der Waals surface area contributed by atoms with Crippen molar-refractivity contribution in [2.45, 2.75) is 31.7 Å². The molecule has 1 unspecified atom stereocenters. The summed E-state index contributed by atoms with van der Waals surface area (Å²) in [4.78, 5) is 25.3. The highest BCUT2D eigenvalue weighted by atomic mass is 79.9. The van der Waals surface area contributed by atoms with Crippen molar-refractivity contribution in [2.24, 2.45) is 0 Å². The smallest absolute Gasteiger partial charge is 0.326 e. The molecule has 1 aromatic rings. The van der Waals surface area contributed by atoms with Crippen LogP contribution in [-0.2, 0) is 4.79 Å². The lowest BCUT2D eigenvalue weighted by molar-refractivity contribution is -0.142. The van der Waals surface area contributed by atoms with Gasteiger partial charge in [-0.05, 0) is 47.0 Å². The standard InChI is InChI=1S/C14H15BrClNO3/c15-10-8-9(5-6-11(10)16)13(18)17-7-3-1-2-4-12(17)14(19)20/h5-6,8,12H,1-4,7H2,(H,19,20). The minimum atomic E-state index is -0.937. The summed E-state index contributed by atoms with van der Waals surface area (Å²) in [5.41, 5.74) is 0.453. The first-order valence-electron chi connectivity index (χ1n) is 6.49. The molecule has 0 radical (unpaired) electrons. The van der Waals surface area contributed by atoms with Crippen molar-refractivity contribution in [3.63, 3.8) is 0 Å². The number of halogens is 2. The Hall–Kier alpha value is -1.07. The van der Waals surface area contributed by atoms with Gasteiger partial charge in [0.1, 0.15) is 6.04 Å². The SMILES string of the molecule is O=C(O)C1CCCCCN1C(=O)c1ccc(Cl)c(Br)c1. The molecule has 1 aliphatic heterocycles. The quantitative estimate of drug-likeness (QED) is 0.877. The minimum Gasteiger partial charge on any atom is -0.480 e. The number of aliphatic carboxylic acids is 1. The summed E-state index contributed by atoms with van der Waals surface area (Å²) < 4.78 is 0.631. The van der Waals surface area contributed by atoms with Crippen LogP contribution in [0.3, 0.4) is 0 Å². The predicted octanol–water partition coefficient (Wildman–Crippen LogP) is 3.57. The molecule has 4 nitrogen and oxygen atoms in total. The number of amides is 1. The van der Waals surface area contributed by atoms with Gasteiger partial charge in [-0.25, -0.2) is 4.79 Å². The van der Waals surface area contributed by atoms with Crippen molar-refractivity contribution in [3.8, 4) is 0 Å². The fourth-order valence-electron chi connectivity index (χ4n) is 2.40. The van der Waals surface area contributed by atoms with E-state index < -0.39 is 12.0 Å². The molecule has 0 aromatic heterocycles. The van der Waals surface area contributed by atoms with Gasteiger partial charge in [-0.2, -0.15) is 0 Å². The molecular formula is C14H15BrClNO3. The summed E-state index contributed by atoms with van der Waals surface area (Å²) in [7, 11) is 0. The molecule has 2 rings (SSSR count). The Balaban J connectivity index is 2.28. The third-order valence-electron chi connectivity index (χ3n) is 3.47. The Kier molecular flexibility index (Phi) is 5.05. The average Bonchev–Trinajstić information content (AvgIpc) is 2.66. The number of carbonyl (C=O) groups is 2. The first-order chi connectivity index (χ1) is 9.50. The molecule has 1 aromatic carbocycles. The largest absolute Gasteiger partial charge is 0.480 e. The van der Waals surface area contributed by atoms with E-state index in [0.29, 0.717) is 28.0 Å². The Morgan fingerprint density at radius 1 is 1.30 bits per heavy atom. The van der Waals surface area contributed by atoms with Crippen molar-refractivity contribution in [1.82, 2.24) is 4.90 Å². The van der Waals surface area contributed by atoms with Gasteiger partial charge in [-0.1, -0.05) is 24.4 Å². The molecular weight excluding hydrogens is 346 g/mol. The second kappa shape index (κ2) is 6.59. The van der Waals surface area contributed by atoms with Gasteiger partial charge in [0, 0.05) is 16.6 Å². The van der Waals surface area contributed by atoms with Crippen LogP contribution in [0, 0.1) is 0 Å². The van der Waals surface area contributed by atoms with Crippen LogP contribution in [0.1, 0.15) is 36.0 Å². The van der Waals surface area contributed by atoms with E-state index in [-0.39, 0.29) is 5.91 Å². The maximum atomic E-state index is 12.5. The molecule has 108 valence electrons. The molecule has 1 saturated heterocycles. The number of carbonyl (C=O) groups excluding carboxylic acids is 1. The van der Waals surface area contributed by atoms with E-state index in [9.17, 15) is 14.7 Å². The Labute approximate surface area is 130 Å². The van der Waals surface area contributed by atoms with E-state index in [2.05, 4.69) is 15.9 Å². The van der Waals surface area contributed by atoms with E-state index in [4.69, 9.17) is 11.6 Å². The maximum Gasteiger partial charge on any atom is 0.326 e. The zero-order valence-electron chi connectivity index (χ0n) is 10.8. The number of likely N-dealkylation sites (tertiary alicyclic amines) is 1. The Morgan fingerprint density at radius 2 is 2.05 bits per heavy atom. The molecule has 0 spiro atoms. The second-order valence-electron chi connectivity index (χ2n) is 4.83. The molecule has 1 aliphatic rings. The van der Waals surface area contributed by atoms with E-state index in [0.717, 1.165) is 19.3 Å². The average molecular weight is 361 g/mol. The number of hydrogen-bond acceptors (Lipinski definition) is 2. The fraction of sp³-hybridized carbons (Fsp3) is 0.429. The number of carboxylic acid groups (broad SMARTS) is 1. The van der Waals surface area contributed by atoms with E-state index >= 15 is 0 Å². The van der Waals surface area contributed by atoms with Gasteiger partial charge >= 0.3 is 5.97 Å². The van der Waals surface area contributed by atoms with Gasteiger partial charge in [0.05, 0.1) is 5.02 Å². The molecule has 0 saturated carbocycles. The number of nitrogens with zero attached hydrogens (tertiary/aromatic N) is 1. The fourth-order valence-corrected chi connectivity index (χ4v) is 2.90. The summed E-state index contributed by atoms with van der Waals surface area (Å²) in [5, 5.41) is 9.82. The number of carboxylic acids is 1. The minimum absolute atomic E-state index is 0.253. The van der Waals surface area contributed by atoms with Crippen LogP contribution in [0.25, 0.3) is 0 Å². The summed E-state index contributed by atoms with van der Waals surface area (Å²) >= 11 is 9.19. The lowest BCUT2D eigenvalue weighted by atomic mass is 10.1. The molecule has 0 aliphatic carbocycles. The lowest BCUT2D eigenvalue weighted by Gasteiger charge is -2.27. The van der Waals surface area contributed by atoms with Gasteiger partial charge in [0.25, 0.3) is 5.91 Å². The number of hydrogen-bond donors (Lipinski definition) is 1. The monoisotopic (exact) mass is 359 g/mol. The van der Waals surface area contributed by atoms with Crippen LogP contribution < -0.4 is 0 Å². The van der Waals surface area contributed by atoms with Gasteiger partial charge in [0.15, 0.2) is 0 Å². The van der Waals surface area contributed by atoms with Gasteiger partial charge < -0.3 is 10.0 Å². The topological polar surface area (TPSA) is 57.6 Å². The van der Waals surface area contributed by atoms with Crippen molar-refractivity contribution >= 4 is 39.4 Å². The zero-order valence-corrected chi connectivity index (χ0v) is 13.2. The third kappa shape index (κ3) is 3.33. The molecule has 1 atom stereocenters. The molecule has 1 heterocycles. The van der Waals surface area contributed by atoms with Gasteiger partial charge in [0.2, 0.25) is 0 Å². The Morgan fingerprint density at radius 3 is 2.70 bits per heavy atom. The van der Waals surface area contributed by atoms with Crippen LogP contribution in [-0.4, -0.2) is 34.5 Å². The molecule has 0 bridgehead atoms. The van der Waals surface area contributed by atoms with Crippen molar-refractivity contribution in [1.29, 1.82) is 0 Å². The summed E-state index contributed by atoms with van der Waals surface area (Å²) in [5.74, 6) is -1.19. The third-order valence-corrected chi connectivity index (χ3v) is 4.68. The van der Waals surface area contributed by atoms with Crippen LogP contribution in [0.15, 0.2) is 22.7 Å². The molecule has 6 heteroatoms. The summed E-state index contributed by atoms with van der Waals surface area (Å²) in [6.45, 7) is 0.482. The van der Waals surface area contributed by atoms with Crippen LogP contribution in [0.5, 0.6) is 0 Å². The lowest BCUT2D eigenvalue weighted by Crippen LogP contribution is -2.44. The van der Waals surface area contributed by atoms with Crippen molar-refractivity contribution in [3.05, 3.63) is 33.3 Å².